The van der Waals surface area contributed by atoms with Gasteiger partial charge in [-0.05, 0) is 18.1 Å². The molecule has 0 aromatic heterocycles. The highest BCUT2D eigenvalue weighted by molar-refractivity contribution is 5.38. The van der Waals surface area contributed by atoms with E-state index in [0.717, 1.165) is 24.3 Å². The van der Waals surface area contributed by atoms with Gasteiger partial charge in [0.1, 0.15) is 11.8 Å². The second-order valence-electron chi connectivity index (χ2n) is 4.49. The van der Waals surface area contributed by atoms with E-state index < -0.39 is 0 Å². The number of nitrogens with zero attached hydrogens (tertiary/aromatic N) is 1. The molecule has 102 valence electrons. The average Bonchev–Trinajstić information content (AvgIpc) is 2.53. The average molecular weight is 266 g/mol. The number of hydrogen-bond acceptors (Lipinski definition) is 3. The number of ether oxygens (including phenoxy) is 1. The van der Waals surface area contributed by atoms with E-state index in [1.165, 1.54) is 5.56 Å². The van der Waals surface area contributed by atoms with Crippen molar-refractivity contribution in [3.05, 3.63) is 65.7 Å². The molecule has 0 bridgehead atoms. The Morgan fingerprint density at radius 3 is 2.50 bits per heavy atom. The van der Waals surface area contributed by atoms with Crippen LogP contribution >= 0.6 is 0 Å². The predicted octanol–water partition coefficient (Wildman–Crippen LogP) is 3.09. The van der Waals surface area contributed by atoms with E-state index in [0.29, 0.717) is 0 Å². The number of benzene rings is 2. The van der Waals surface area contributed by atoms with Crippen molar-refractivity contribution < 1.29 is 4.74 Å². The first-order valence-electron chi connectivity index (χ1n) is 6.65. The molecule has 0 spiro atoms. The molecule has 0 amide bonds. The van der Waals surface area contributed by atoms with E-state index in [-0.39, 0.29) is 6.04 Å². The summed E-state index contributed by atoms with van der Waals surface area (Å²) in [6.45, 7) is 0.750. The molecule has 20 heavy (non-hydrogen) atoms. The van der Waals surface area contributed by atoms with Crippen LogP contribution in [-0.4, -0.2) is 13.7 Å². The lowest BCUT2D eigenvalue weighted by atomic mass is 10.1. The third-order valence-corrected chi connectivity index (χ3v) is 3.18. The fraction of sp³-hybridized carbons (Fsp3) is 0.235. The van der Waals surface area contributed by atoms with E-state index in [4.69, 9.17) is 4.74 Å². The third-order valence-electron chi connectivity index (χ3n) is 3.18. The normalized spacial score (nSPS) is 11.6. The summed E-state index contributed by atoms with van der Waals surface area (Å²) in [6, 6.07) is 19.8. The Morgan fingerprint density at radius 1 is 1.10 bits per heavy atom. The second-order valence-corrected chi connectivity index (χ2v) is 4.49. The van der Waals surface area contributed by atoms with Crippen LogP contribution < -0.4 is 10.1 Å². The fourth-order valence-corrected chi connectivity index (χ4v) is 2.14. The summed E-state index contributed by atoms with van der Waals surface area (Å²) in [5.74, 6) is 0.742. The van der Waals surface area contributed by atoms with Gasteiger partial charge in [0, 0.05) is 12.1 Å². The molecule has 3 heteroatoms. The molecule has 1 unspecified atom stereocenters. The minimum atomic E-state index is -0.352. The van der Waals surface area contributed by atoms with E-state index >= 15 is 0 Å². The summed E-state index contributed by atoms with van der Waals surface area (Å²) in [5.41, 5.74) is 2.14. The Hall–Kier alpha value is -2.31. The van der Waals surface area contributed by atoms with Crippen molar-refractivity contribution in [2.75, 3.05) is 13.7 Å². The highest BCUT2D eigenvalue weighted by Crippen LogP contribution is 2.24. The molecule has 3 nitrogen and oxygen atoms in total. The van der Waals surface area contributed by atoms with Crippen LogP contribution in [0.25, 0.3) is 0 Å². The Morgan fingerprint density at radius 2 is 1.80 bits per heavy atom. The maximum absolute atomic E-state index is 9.33. The molecule has 1 atom stereocenters. The van der Waals surface area contributed by atoms with Crippen LogP contribution in [-0.2, 0) is 6.42 Å². The molecule has 2 aromatic carbocycles. The lowest BCUT2D eigenvalue weighted by Crippen LogP contribution is -2.23. The molecule has 1 N–H and O–H groups in total. The summed E-state index contributed by atoms with van der Waals surface area (Å²) in [4.78, 5) is 0. The fourth-order valence-electron chi connectivity index (χ4n) is 2.14. The van der Waals surface area contributed by atoms with Gasteiger partial charge in [-0.3, -0.25) is 5.32 Å². The minimum absolute atomic E-state index is 0.352. The molecular formula is C17H18N2O. The smallest absolute Gasteiger partial charge is 0.124 e. The van der Waals surface area contributed by atoms with Crippen molar-refractivity contribution in [1.82, 2.24) is 5.32 Å². The van der Waals surface area contributed by atoms with Gasteiger partial charge in [0.25, 0.3) is 0 Å². The van der Waals surface area contributed by atoms with Gasteiger partial charge >= 0.3 is 0 Å². The number of para-hydroxylation sites is 1. The van der Waals surface area contributed by atoms with Crippen LogP contribution in [0.5, 0.6) is 5.75 Å². The zero-order valence-electron chi connectivity index (χ0n) is 11.5. The molecular weight excluding hydrogens is 248 g/mol. The zero-order valence-corrected chi connectivity index (χ0v) is 11.5. The summed E-state index contributed by atoms with van der Waals surface area (Å²) in [7, 11) is 1.62. The van der Waals surface area contributed by atoms with Gasteiger partial charge < -0.3 is 4.74 Å². The standard InChI is InChI=1S/C17H18N2O/c1-20-17-10-6-5-9-15(17)16(13-18)19-12-11-14-7-3-2-4-8-14/h2-10,16,19H,11-12H2,1H3. The van der Waals surface area contributed by atoms with Gasteiger partial charge in [0.15, 0.2) is 0 Å². The number of nitriles is 1. The molecule has 0 aliphatic carbocycles. The van der Waals surface area contributed by atoms with Crippen molar-refractivity contribution in [2.24, 2.45) is 0 Å². The van der Waals surface area contributed by atoms with Crippen molar-refractivity contribution >= 4 is 0 Å². The molecule has 0 saturated carbocycles. The Bertz CT molecular complexity index is 575. The van der Waals surface area contributed by atoms with Gasteiger partial charge in [0.2, 0.25) is 0 Å². The van der Waals surface area contributed by atoms with Gasteiger partial charge in [-0.2, -0.15) is 5.26 Å². The predicted molar refractivity (Wildman–Crippen MR) is 79.5 cm³/mol. The van der Waals surface area contributed by atoms with Gasteiger partial charge in [0.05, 0.1) is 13.2 Å². The van der Waals surface area contributed by atoms with E-state index in [2.05, 4.69) is 23.5 Å². The molecule has 0 heterocycles. The number of rotatable bonds is 6. The van der Waals surface area contributed by atoms with Gasteiger partial charge in [-0.15, -0.1) is 0 Å². The topological polar surface area (TPSA) is 45.0 Å². The van der Waals surface area contributed by atoms with E-state index in [1.54, 1.807) is 7.11 Å². The summed E-state index contributed by atoms with van der Waals surface area (Å²) < 4.78 is 5.30. The number of methoxy groups -OCH3 is 1. The highest BCUT2D eigenvalue weighted by Gasteiger charge is 2.13. The summed E-state index contributed by atoms with van der Waals surface area (Å²) in [6.07, 6.45) is 0.897. The van der Waals surface area contributed by atoms with Crippen LogP contribution in [0, 0.1) is 11.3 Å². The number of hydrogen-bond donors (Lipinski definition) is 1. The summed E-state index contributed by atoms with van der Waals surface area (Å²) in [5, 5.41) is 12.6. The maximum atomic E-state index is 9.33. The van der Waals surface area contributed by atoms with Crippen molar-refractivity contribution in [1.29, 1.82) is 5.26 Å². The summed E-state index contributed by atoms with van der Waals surface area (Å²) >= 11 is 0. The molecule has 2 rings (SSSR count). The highest BCUT2D eigenvalue weighted by atomic mass is 16.5. The third kappa shape index (κ3) is 3.59. The molecule has 0 aliphatic rings. The Kier molecular flexibility index (Phi) is 5.16. The van der Waals surface area contributed by atoms with Crippen LogP contribution in [0.4, 0.5) is 0 Å². The van der Waals surface area contributed by atoms with Crippen molar-refractivity contribution in [2.45, 2.75) is 12.5 Å². The molecule has 0 fully saturated rings. The number of nitrogens with one attached hydrogen (secondary N) is 1. The van der Waals surface area contributed by atoms with Crippen LogP contribution in [0.1, 0.15) is 17.2 Å². The SMILES string of the molecule is COc1ccccc1C(C#N)NCCc1ccccc1. The molecule has 2 aromatic rings. The Balaban J connectivity index is 1.98. The largest absolute Gasteiger partial charge is 0.496 e. The first-order valence-corrected chi connectivity index (χ1v) is 6.65. The molecule has 0 saturated heterocycles. The van der Waals surface area contributed by atoms with E-state index in [9.17, 15) is 5.26 Å². The van der Waals surface area contributed by atoms with Gasteiger partial charge in [-0.25, -0.2) is 0 Å². The Labute approximate surface area is 119 Å². The monoisotopic (exact) mass is 266 g/mol. The lowest BCUT2D eigenvalue weighted by molar-refractivity contribution is 0.405. The van der Waals surface area contributed by atoms with Gasteiger partial charge in [-0.1, -0.05) is 48.5 Å². The zero-order chi connectivity index (χ0) is 14.2. The quantitative estimate of drug-likeness (QED) is 0.874. The van der Waals surface area contributed by atoms with E-state index in [1.807, 2.05) is 42.5 Å². The first-order chi connectivity index (χ1) is 9.85. The second kappa shape index (κ2) is 7.32. The van der Waals surface area contributed by atoms with Crippen LogP contribution in [0.15, 0.2) is 54.6 Å². The maximum Gasteiger partial charge on any atom is 0.124 e. The lowest BCUT2D eigenvalue weighted by Gasteiger charge is -2.15. The van der Waals surface area contributed by atoms with Crippen molar-refractivity contribution in [3.8, 4) is 11.8 Å². The first kappa shape index (κ1) is 14.1. The van der Waals surface area contributed by atoms with Crippen LogP contribution in [0.3, 0.4) is 0 Å². The van der Waals surface area contributed by atoms with Crippen LogP contribution in [0.2, 0.25) is 0 Å². The molecule has 0 radical (unpaired) electrons. The van der Waals surface area contributed by atoms with Crippen molar-refractivity contribution in [3.63, 3.8) is 0 Å². The molecule has 0 aliphatic heterocycles. The minimum Gasteiger partial charge on any atom is -0.496 e.